The molecule has 24 heavy (non-hydrogen) atoms. The number of amides is 2. The van der Waals surface area contributed by atoms with Crippen LogP contribution in [-0.4, -0.2) is 40.9 Å². The van der Waals surface area contributed by atoms with Crippen molar-refractivity contribution < 1.29 is 9.59 Å². The average molecular weight is 387 g/mol. The molecule has 1 aliphatic rings. The Bertz CT molecular complexity index is 649. The number of benzene rings is 1. The second kappa shape index (κ2) is 8.79. The van der Waals surface area contributed by atoms with Crippen molar-refractivity contribution in [3.8, 4) is 0 Å². The lowest BCUT2D eigenvalue weighted by Gasteiger charge is -2.22. The van der Waals surface area contributed by atoms with Gasteiger partial charge in [0, 0.05) is 18.4 Å². The van der Waals surface area contributed by atoms with Crippen molar-refractivity contribution >= 4 is 52.9 Å². The van der Waals surface area contributed by atoms with Gasteiger partial charge in [-0.25, -0.2) is 0 Å². The van der Waals surface area contributed by atoms with Gasteiger partial charge in [-0.15, -0.1) is 11.8 Å². The smallest absolute Gasteiger partial charge is 0.247 e. The van der Waals surface area contributed by atoms with Crippen molar-refractivity contribution in [2.45, 2.75) is 19.9 Å². The third-order valence-corrected chi connectivity index (χ3v) is 5.27. The molecule has 1 aliphatic heterocycles. The van der Waals surface area contributed by atoms with Crippen LogP contribution in [-0.2, 0) is 9.59 Å². The number of rotatable bonds is 5. The van der Waals surface area contributed by atoms with Crippen LogP contribution in [0, 0.1) is 5.92 Å². The molecular formula is C17H20Cl2N2O2S. The third-order valence-electron chi connectivity index (χ3n) is 3.51. The highest BCUT2D eigenvalue weighted by Crippen LogP contribution is 2.24. The van der Waals surface area contributed by atoms with Crippen molar-refractivity contribution in [1.82, 2.24) is 10.2 Å². The largest absolute Gasteiger partial charge is 0.354 e. The number of nitrogens with one attached hydrogen (secondary N) is 1. The minimum absolute atomic E-state index is 0.0926. The van der Waals surface area contributed by atoms with Gasteiger partial charge in [0.1, 0.15) is 6.04 Å². The number of hydrogen-bond acceptors (Lipinski definition) is 3. The molecule has 1 N–H and O–H groups in total. The number of carbonyl (C=O) groups is 2. The molecule has 0 radical (unpaired) electrons. The highest BCUT2D eigenvalue weighted by molar-refractivity contribution is 7.99. The Balaban J connectivity index is 2.00. The Morgan fingerprint density at radius 1 is 1.38 bits per heavy atom. The zero-order valence-corrected chi connectivity index (χ0v) is 15.9. The highest BCUT2D eigenvalue weighted by Gasteiger charge is 2.33. The number of halogens is 2. The normalized spacial score (nSPS) is 17.7. The van der Waals surface area contributed by atoms with Crippen LogP contribution in [0.1, 0.15) is 19.4 Å². The quantitative estimate of drug-likeness (QED) is 0.785. The van der Waals surface area contributed by atoms with Crippen LogP contribution in [0.25, 0.3) is 6.08 Å². The number of hydrogen-bond donors (Lipinski definition) is 1. The Morgan fingerprint density at radius 3 is 2.79 bits per heavy atom. The van der Waals surface area contributed by atoms with Crippen LogP contribution >= 0.6 is 35.0 Å². The van der Waals surface area contributed by atoms with E-state index in [0.717, 1.165) is 5.56 Å². The van der Waals surface area contributed by atoms with Gasteiger partial charge in [-0.05, 0) is 29.7 Å². The Labute approximate surface area is 156 Å². The van der Waals surface area contributed by atoms with Crippen LogP contribution in [0.2, 0.25) is 10.0 Å². The second-order valence-corrected chi connectivity index (χ2v) is 7.78. The summed E-state index contributed by atoms with van der Waals surface area (Å²) < 4.78 is 0. The first-order chi connectivity index (χ1) is 11.4. The summed E-state index contributed by atoms with van der Waals surface area (Å²) in [5.74, 6) is 1.24. The van der Waals surface area contributed by atoms with Crippen LogP contribution < -0.4 is 5.32 Å². The van der Waals surface area contributed by atoms with Gasteiger partial charge in [0.15, 0.2) is 0 Å². The van der Waals surface area contributed by atoms with Gasteiger partial charge in [-0.1, -0.05) is 43.1 Å². The molecule has 0 aromatic heterocycles. The molecule has 0 saturated carbocycles. The Kier molecular flexibility index (Phi) is 7.02. The lowest BCUT2D eigenvalue weighted by Crippen LogP contribution is -2.47. The predicted molar refractivity (Wildman–Crippen MR) is 101 cm³/mol. The molecule has 1 saturated heterocycles. The maximum absolute atomic E-state index is 12.4. The molecule has 7 heteroatoms. The maximum atomic E-state index is 12.4. The van der Waals surface area contributed by atoms with Crippen molar-refractivity contribution in [3.05, 3.63) is 39.9 Å². The third kappa shape index (κ3) is 5.16. The monoisotopic (exact) mass is 386 g/mol. The molecule has 0 spiro atoms. The fourth-order valence-corrected chi connectivity index (χ4v) is 3.65. The van der Waals surface area contributed by atoms with Crippen LogP contribution in [0.15, 0.2) is 24.3 Å². The molecule has 0 aliphatic carbocycles. The van der Waals surface area contributed by atoms with Gasteiger partial charge in [0.2, 0.25) is 11.8 Å². The Morgan fingerprint density at radius 2 is 2.12 bits per heavy atom. The number of carbonyl (C=O) groups excluding carboxylic acids is 2. The zero-order valence-electron chi connectivity index (χ0n) is 13.6. The maximum Gasteiger partial charge on any atom is 0.247 e. The topological polar surface area (TPSA) is 49.4 Å². The van der Waals surface area contributed by atoms with Crippen LogP contribution in [0.3, 0.4) is 0 Å². The summed E-state index contributed by atoms with van der Waals surface area (Å²) in [4.78, 5) is 26.2. The molecule has 2 amide bonds. The van der Waals surface area contributed by atoms with E-state index in [0.29, 0.717) is 34.1 Å². The van der Waals surface area contributed by atoms with Gasteiger partial charge in [0.05, 0.1) is 15.9 Å². The van der Waals surface area contributed by atoms with E-state index in [-0.39, 0.29) is 11.8 Å². The van der Waals surface area contributed by atoms with E-state index in [1.165, 1.54) is 6.08 Å². The van der Waals surface area contributed by atoms with Crippen molar-refractivity contribution in [3.63, 3.8) is 0 Å². The summed E-state index contributed by atoms with van der Waals surface area (Å²) in [6.45, 7) is 4.68. The first kappa shape index (κ1) is 19.2. The van der Waals surface area contributed by atoms with Crippen molar-refractivity contribution in [2.75, 3.05) is 18.2 Å². The molecule has 1 aromatic rings. The lowest BCUT2D eigenvalue weighted by molar-refractivity contribution is -0.134. The first-order valence-corrected chi connectivity index (χ1v) is 9.58. The van der Waals surface area contributed by atoms with E-state index in [1.54, 1.807) is 40.9 Å². The summed E-state index contributed by atoms with van der Waals surface area (Å²) >= 11 is 13.4. The molecule has 2 rings (SSSR count). The van der Waals surface area contributed by atoms with Crippen LogP contribution in [0.4, 0.5) is 0 Å². The molecule has 1 heterocycles. The minimum atomic E-state index is -0.417. The molecule has 1 fully saturated rings. The summed E-state index contributed by atoms with van der Waals surface area (Å²) in [5.41, 5.74) is 0.783. The Hall–Kier alpha value is -1.17. The van der Waals surface area contributed by atoms with Crippen molar-refractivity contribution in [1.29, 1.82) is 0 Å². The summed E-state index contributed by atoms with van der Waals surface area (Å²) in [5, 5.41) is 3.80. The summed E-state index contributed by atoms with van der Waals surface area (Å²) in [7, 11) is 0. The van der Waals surface area contributed by atoms with E-state index in [4.69, 9.17) is 23.2 Å². The molecular weight excluding hydrogens is 367 g/mol. The first-order valence-electron chi connectivity index (χ1n) is 7.67. The average Bonchev–Trinajstić information content (AvgIpc) is 3.03. The van der Waals surface area contributed by atoms with E-state index < -0.39 is 6.04 Å². The molecule has 0 bridgehead atoms. The predicted octanol–water partition coefficient (Wildman–Crippen LogP) is 3.68. The molecule has 1 unspecified atom stereocenters. The second-order valence-electron chi connectivity index (χ2n) is 5.97. The number of nitrogens with zero attached hydrogens (tertiary/aromatic N) is 1. The SMILES string of the molecule is CC(C)CNC(=O)C1CSCN1C(=O)/C=C/c1ccc(Cl)c(Cl)c1. The van der Waals surface area contributed by atoms with Gasteiger partial charge in [0.25, 0.3) is 0 Å². The van der Waals surface area contributed by atoms with Crippen LogP contribution in [0.5, 0.6) is 0 Å². The summed E-state index contributed by atoms with van der Waals surface area (Å²) in [6, 6.07) is 4.74. The van der Waals surface area contributed by atoms with E-state index >= 15 is 0 Å². The minimum Gasteiger partial charge on any atom is -0.354 e. The molecule has 1 aromatic carbocycles. The van der Waals surface area contributed by atoms with Gasteiger partial charge in [-0.3, -0.25) is 9.59 Å². The highest BCUT2D eigenvalue weighted by atomic mass is 35.5. The molecule has 1 atom stereocenters. The standard InChI is InChI=1S/C17H20Cl2N2O2S/c1-11(2)8-20-17(23)15-9-24-10-21(15)16(22)6-4-12-3-5-13(18)14(19)7-12/h3-7,11,15H,8-10H2,1-2H3,(H,20,23)/b6-4+. The molecule has 130 valence electrons. The molecule has 4 nitrogen and oxygen atoms in total. The van der Waals surface area contributed by atoms with Gasteiger partial charge in [-0.2, -0.15) is 0 Å². The number of thioether (sulfide) groups is 1. The lowest BCUT2D eigenvalue weighted by atomic mass is 10.2. The van der Waals surface area contributed by atoms with Gasteiger partial charge < -0.3 is 10.2 Å². The fourth-order valence-electron chi connectivity index (χ4n) is 2.18. The van der Waals surface area contributed by atoms with Crippen molar-refractivity contribution in [2.24, 2.45) is 5.92 Å². The van der Waals surface area contributed by atoms with E-state index in [2.05, 4.69) is 5.32 Å². The van der Waals surface area contributed by atoms with E-state index in [1.807, 2.05) is 13.8 Å². The van der Waals surface area contributed by atoms with E-state index in [9.17, 15) is 9.59 Å². The summed E-state index contributed by atoms with van der Waals surface area (Å²) in [6.07, 6.45) is 3.14. The van der Waals surface area contributed by atoms with Gasteiger partial charge >= 0.3 is 0 Å². The zero-order chi connectivity index (χ0) is 17.7. The fraction of sp³-hybridized carbons (Fsp3) is 0.412.